The van der Waals surface area contributed by atoms with Crippen LogP contribution in [0.25, 0.3) is 0 Å². The molecule has 17 heavy (non-hydrogen) atoms. The summed E-state index contributed by atoms with van der Waals surface area (Å²) in [6.07, 6.45) is 4.32. The monoisotopic (exact) mass is 238 g/mol. The van der Waals surface area contributed by atoms with Crippen LogP contribution in [-0.2, 0) is 6.42 Å². The number of nitrogens with one attached hydrogen (secondary N) is 1. The van der Waals surface area contributed by atoms with Crippen LogP contribution in [0.15, 0.2) is 4.52 Å². The first-order chi connectivity index (χ1) is 8.35. The standard InChI is InChI=1S/C12H22N4O/c1-3-16-9-5-6-10(16)12-14-11(15-17-12)7-4-8-13-2/h10,13H,3-9H2,1-2H3. The Kier molecular flexibility index (Phi) is 4.50. The Morgan fingerprint density at radius 3 is 3.18 bits per heavy atom. The second-order valence-electron chi connectivity index (χ2n) is 4.54. The van der Waals surface area contributed by atoms with Crippen molar-refractivity contribution < 1.29 is 4.52 Å². The molecule has 0 amide bonds. The van der Waals surface area contributed by atoms with Crippen LogP contribution in [0.2, 0.25) is 0 Å². The van der Waals surface area contributed by atoms with Gasteiger partial charge in [0.2, 0.25) is 5.89 Å². The zero-order valence-electron chi connectivity index (χ0n) is 10.8. The molecule has 0 bridgehead atoms. The van der Waals surface area contributed by atoms with Crippen molar-refractivity contribution in [3.8, 4) is 0 Å². The van der Waals surface area contributed by atoms with E-state index in [2.05, 4.69) is 27.3 Å². The molecule has 0 aliphatic carbocycles. The Morgan fingerprint density at radius 2 is 2.41 bits per heavy atom. The highest BCUT2D eigenvalue weighted by atomic mass is 16.5. The first-order valence-corrected chi connectivity index (χ1v) is 6.56. The van der Waals surface area contributed by atoms with E-state index in [1.54, 1.807) is 0 Å². The number of aryl methyl sites for hydroxylation is 1. The van der Waals surface area contributed by atoms with Crippen LogP contribution >= 0.6 is 0 Å². The quantitative estimate of drug-likeness (QED) is 0.759. The van der Waals surface area contributed by atoms with E-state index in [-0.39, 0.29) is 0 Å². The molecule has 1 atom stereocenters. The van der Waals surface area contributed by atoms with Crippen LogP contribution in [0.4, 0.5) is 0 Å². The summed E-state index contributed by atoms with van der Waals surface area (Å²) in [6.45, 7) is 5.39. The average Bonchev–Trinajstić information content (AvgIpc) is 2.96. The van der Waals surface area contributed by atoms with Crippen LogP contribution in [0, 0.1) is 0 Å². The summed E-state index contributed by atoms with van der Waals surface area (Å²) < 4.78 is 5.39. The molecule has 1 aliphatic heterocycles. The number of likely N-dealkylation sites (tertiary alicyclic amines) is 1. The average molecular weight is 238 g/mol. The molecule has 2 heterocycles. The third kappa shape index (κ3) is 3.04. The van der Waals surface area contributed by atoms with Gasteiger partial charge < -0.3 is 9.84 Å². The maximum Gasteiger partial charge on any atom is 0.243 e. The lowest BCUT2D eigenvalue weighted by Crippen LogP contribution is -2.22. The van der Waals surface area contributed by atoms with Gasteiger partial charge in [-0.3, -0.25) is 4.90 Å². The van der Waals surface area contributed by atoms with Crippen molar-refractivity contribution in [2.75, 3.05) is 26.7 Å². The zero-order chi connectivity index (χ0) is 12.1. The molecular weight excluding hydrogens is 216 g/mol. The van der Waals surface area contributed by atoms with Crippen molar-refractivity contribution in [2.45, 2.75) is 38.6 Å². The highest BCUT2D eigenvalue weighted by molar-refractivity contribution is 4.96. The summed E-state index contributed by atoms with van der Waals surface area (Å²) in [5.74, 6) is 1.65. The molecule has 0 saturated carbocycles. The van der Waals surface area contributed by atoms with Crippen LogP contribution in [0.1, 0.15) is 43.9 Å². The van der Waals surface area contributed by atoms with E-state index in [4.69, 9.17) is 4.52 Å². The fourth-order valence-corrected chi connectivity index (χ4v) is 2.41. The summed E-state index contributed by atoms with van der Waals surface area (Å²) in [7, 11) is 1.96. The number of hydrogen-bond donors (Lipinski definition) is 1. The Morgan fingerprint density at radius 1 is 1.53 bits per heavy atom. The minimum Gasteiger partial charge on any atom is -0.338 e. The minimum absolute atomic E-state index is 0.352. The topological polar surface area (TPSA) is 54.2 Å². The van der Waals surface area contributed by atoms with Crippen molar-refractivity contribution in [1.29, 1.82) is 0 Å². The Hall–Kier alpha value is -0.940. The molecule has 0 aromatic carbocycles. The Bertz CT molecular complexity index is 339. The first-order valence-electron chi connectivity index (χ1n) is 6.56. The molecule has 96 valence electrons. The molecule has 1 aliphatic rings. The van der Waals surface area contributed by atoms with Gasteiger partial charge in [-0.15, -0.1) is 0 Å². The van der Waals surface area contributed by atoms with E-state index in [0.717, 1.165) is 50.6 Å². The largest absolute Gasteiger partial charge is 0.338 e. The molecule has 1 aromatic rings. The lowest BCUT2D eigenvalue weighted by molar-refractivity contribution is 0.217. The predicted molar refractivity (Wildman–Crippen MR) is 65.8 cm³/mol. The van der Waals surface area contributed by atoms with E-state index in [1.165, 1.54) is 6.42 Å². The lowest BCUT2D eigenvalue weighted by Gasteiger charge is -2.18. The van der Waals surface area contributed by atoms with Crippen molar-refractivity contribution >= 4 is 0 Å². The van der Waals surface area contributed by atoms with Crippen molar-refractivity contribution in [3.63, 3.8) is 0 Å². The second-order valence-corrected chi connectivity index (χ2v) is 4.54. The fourth-order valence-electron chi connectivity index (χ4n) is 2.41. The van der Waals surface area contributed by atoms with Crippen LogP contribution < -0.4 is 5.32 Å². The van der Waals surface area contributed by atoms with Gasteiger partial charge in [-0.05, 0) is 45.9 Å². The molecule has 0 spiro atoms. The molecule has 1 saturated heterocycles. The van der Waals surface area contributed by atoms with Gasteiger partial charge in [-0.25, -0.2) is 0 Å². The second kappa shape index (κ2) is 6.12. The van der Waals surface area contributed by atoms with Crippen LogP contribution in [0.3, 0.4) is 0 Å². The number of rotatable bonds is 6. The SMILES string of the molecule is CCN1CCCC1c1nc(CCCNC)no1. The molecule has 1 unspecified atom stereocenters. The minimum atomic E-state index is 0.352. The molecule has 2 rings (SSSR count). The molecule has 1 fully saturated rings. The molecule has 5 heteroatoms. The third-order valence-corrected chi connectivity index (χ3v) is 3.37. The molecular formula is C12H22N4O. The summed E-state index contributed by atoms with van der Waals surface area (Å²) in [5.41, 5.74) is 0. The first kappa shape index (κ1) is 12.5. The van der Waals surface area contributed by atoms with Gasteiger partial charge in [0, 0.05) is 6.42 Å². The van der Waals surface area contributed by atoms with E-state index in [0.29, 0.717) is 6.04 Å². The fraction of sp³-hybridized carbons (Fsp3) is 0.833. The van der Waals surface area contributed by atoms with E-state index in [1.807, 2.05) is 7.05 Å². The maximum atomic E-state index is 5.39. The smallest absolute Gasteiger partial charge is 0.243 e. The number of aromatic nitrogens is 2. The van der Waals surface area contributed by atoms with E-state index < -0.39 is 0 Å². The lowest BCUT2D eigenvalue weighted by atomic mass is 10.2. The summed E-state index contributed by atoms with van der Waals surface area (Å²) in [6, 6.07) is 0.352. The van der Waals surface area contributed by atoms with Gasteiger partial charge in [0.05, 0.1) is 6.04 Å². The Balaban J connectivity index is 1.93. The number of nitrogens with zero attached hydrogens (tertiary/aromatic N) is 3. The molecule has 1 N–H and O–H groups in total. The third-order valence-electron chi connectivity index (χ3n) is 3.37. The van der Waals surface area contributed by atoms with Gasteiger partial charge >= 0.3 is 0 Å². The van der Waals surface area contributed by atoms with E-state index >= 15 is 0 Å². The molecule has 5 nitrogen and oxygen atoms in total. The van der Waals surface area contributed by atoms with Crippen LogP contribution in [0.5, 0.6) is 0 Å². The van der Waals surface area contributed by atoms with Crippen molar-refractivity contribution in [1.82, 2.24) is 20.4 Å². The predicted octanol–water partition coefficient (Wildman–Crippen LogP) is 1.38. The zero-order valence-corrected chi connectivity index (χ0v) is 10.8. The van der Waals surface area contributed by atoms with Crippen molar-refractivity contribution in [2.24, 2.45) is 0 Å². The van der Waals surface area contributed by atoms with Crippen molar-refractivity contribution in [3.05, 3.63) is 11.7 Å². The summed E-state index contributed by atoms with van der Waals surface area (Å²) in [5, 5.41) is 7.18. The van der Waals surface area contributed by atoms with Gasteiger partial charge in [0.25, 0.3) is 0 Å². The van der Waals surface area contributed by atoms with E-state index in [9.17, 15) is 0 Å². The number of hydrogen-bond acceptors (Lipinski definition) is 5. The van der Waals surface area contributed by atoms with Gasteiger partial charge in [0.15, 0.2) is 5.82 Å². The summed E-state index contributed by atoms with van der Waals surface area (Å²) >= 11 is 0. The molecule has 1 aromatic heterocycles. The normalized spacial score (nSPS) is 21.2. The van der Waals surface area contributed by atoms with Gasteiger partial charge in [-0.1, -0.05) is 12.1 Å². The maximum absolute atomic E-state index is 5.39. The van der Waals surface area contributed by atoms with Crippen LogP contribution in [-0.4, -0.2) is 41.7 Å². The molecule has 0 radical (unpaired) electrons. The highest BCUT2D eigenvalue weighted by Gasteiger charge is 2.29. The van der Waals surface area contributed by atoms with Gasteiger partial charge in [-0.2, -0.15) is 4.98 Å². The Labute approximate surface area is 103 Å². The van der Waals surface area contributed by atoms with Gasteiger partial charge in [0.1, 0.15) is 0 Å². The highest BCUT2D eigenvalue weighted by Crippen LogP contribution is 2.30. The summed E-state index contributed by atoms with van der Waals surface area (Å²) in [4.78, 5) is 6.92.